The quantitative estimate of drug-likeness (QED) is 0.134. The molecular weight excluding hydrogens is 701 g/mol. The number of rotatable bonds is 4. The third-order valence-corrected chi connectivity index (χ3v) is 12.8. The van der Waals surface area contributed by atoms with Gasteiger partial charge in [0.25, 0.3) is 0 Å². The molecule has 3 aromatic heterocycles. The van der Waals surface area contributed by atoms with Gasteiger partial charge in [-0.1, -0.05) is 18.2 Å². The summed E-state index contributed by atoms with van der Waals surface area (Å²) < 4.78 is 9.16. The van der Waals surface area contributed by atoms with Crippen molar-refractivity contribution in [2.24, 2.45) is 0 Å². The van der Waals surface area contributed by atoms with E-state index in [-0.39, 0.29) is 14.5 Å². The summed E-state index contributed by atoms with van der Waals surface area (Å²) in [5.74, 6) is 1.89. The summed E-state index contributed by atoms with van der Waals surface area (Å²) in [6.07, 6.45) is 0. The number of fused-ring (bicyclic) bond motifs is 10. The second-order valence-electron chi connectivity index (χ2n) is 13.1. The van der Waals surface area contributed by atoms with Crippen molar-refractivity contribution in [2.75, 3.05) is 0 Å². The SMILES string of the molecule is c1ccc(-c2nc(-c3ccc4c(c3)oc3ccccc34)nc(-c3cc4ccc5c6cccc(-c7ccccc7)c6[se]c5c4c4ccccc34)n2)cc1. The van der Waals surface area contributed by atoms with E-state index in [0.717, 1.165) is 44.0 Å². The number of para-hydroxylation sites is 1. The van der Waals surface area contributed by atoms with Gasteiger partial charge in [-0.3, -0.25) is 0 Å². The molecule has 0 radical (unpaired) electrons. The van der Waals surface area contributed by atoms with Crippen LogP contribution in [0.4, 0.5) is 0 Å². The Kier molecular flexibility index (Phi) is 6.53. The third-order valence-electron chi connectivity index (χ3n) is 10.1. The molecule has 5 heteroatoms. The van der Waals surface area contributed by atoms with E-state index >= 15 is 0 Å². The molecule has 11 aromatic rings. The van der Waals surface area contributed by atoms with E-state index in [9.17, 15) is 0 Å². The van der Waals surface area contributed by atoms with Gasteiger partial charge in [0.1, 0.15) is 5.58 Å². The van der Waals surface area contributed by atoms with Crippen LogP contribution in [0.1, 0.15) is 0 Å². The van der Waals surface area contributed by atoms with Crippen LogP contribution >= 0.6 is 0 Å². The van der Waals surface area contributed by atoms with Crippen LogP contribution in [-0.4, -0.2) is 29.5 Å². The Balaban J connectivity index is 1.16. The van der Waals surface area contributed by atoms with Crippen molar-refractivity contribution >= 4 is 77.3 Å². The predicted molar refractivity (Wildman–Crippen MR) is 216 cm³/mol. The molecule has 0 atom stereocenters. The molecular formula is C47H27N3OSe. The van der Waals surface area contributed by atoms with Gasteiger partial charge >= 0.3 is 270 Å². The first-order chi connectivity index (χ1) is 25.8. The zero-order valence-electron chi connectivity index (χ0n) is 27.7. The molecule has 0 fully saturated rings. The Hall–Kier alpha value is -6.39. The fourth-order valence-electron chi connectivity index (χ4n) is 7.68. The number of aromatic nitrogens is 3. The molecule has 0 aliphatic rings. The minimum atomic E-state index is 0.136. The summed E-state index contributed by atoms with van der Waals surface area (Å²) in [5, 5.41) is 9.72. The molecule has 0 saturated carbocycles. The van der Waals surface area contributed by atoms with Gasteiger partial charge in [0.15, 0.2) is 0 Å². The molecule has 4 nitrogen and oxygen atoms in total. The van der Waals surface area contributed by atoms with E-state index in [0.29, 0.717) is 17.5 Å². The van der Waals surface area contributed by atoms with Gasteiger partial charge in [-0.05, 0) is 6.07 Å². The average Bonchev–Trinajstić information content (AvgIpc) is 3.79. The first-order valence-corrected chi connectivity index (χ1v) is 19.1. The van der Waals surface area contributed by atoms with Crippen LogP contribution in [-0.2, 0) is 0 Å². The number of hydrogen-bond donors (Lipinski definition) is 0. The summed E-state index contributed by atoms with van der Waals surface area (Å²) in [6.45, 7) is 0. The zero-order valence-corrected chi connectivity index (χ0v) is 29.5. The standard InChI is InChI=1S/C47H27N3OSe/c1-3-12-28(13-4-1)32-19-11-20-37-38-25-22-30-26-39(33-16-7-8-18-36(33)42(30)44(38)52-43(32)37)47-49-45(29-14-5-2-6-15-29)48-46(50-47)31-23-24-35-34-17-9-10-21-40(34)51-41(35)27-31/h1-27H. The van der Waals surface area contributed by atoms with Crippen molar-refractivity contribution in [3.8, 4) is 45.3 Å². The summed E-state index contributed by atoms with van der Waals surface area (Å²) >= 11 is 0.136. The normalized spacial score (nSPS) is 11.8. The Morgan fingerprint density at radius 1 is 0.365 bits per heavy atom. The van der Waals surface area contributed by atoms with Gasteiger partial charge in [-0.2, -0.15) is 0 Å². The molecule has 0 saturated heterocycles. The van der Waals surface area contributed by atoms with E-state index in [4.69, 9.17) is 19.4 Å². The maximum absolute atomic E-state index is 6.27. The molecule has 242 valence electrons. The van der Waals surface area contributed by atoms with Crippen LogP contribution in [0.3, 0.4) is 0 Å². The summed E-state index contributed by atoms with van der Waals surface area (Å²) in [7, 11) is 0. The average molecular weight is 729 g/mol. The van der Waals surface area contributed by atoms with Gasteiger partial charge in [0.05, 0.1) is 0 Å². The Morgan fingerprint density at radius 3 is 1.81 bits per heavy atom. The molecule has 8 aromatic carbocycles. The van der Waals surface area contributed by atoms with Crippen LogP contribution in [0.2, 0.25) is 0 Å². The Bertz CT molecular complexity index is 3180. The topological polar surface area (TPSA) is 51.8 Å². The Labute approximate surface area is 304 Å². The fraction of sp³-hybridized carbons (Fsp3) is 0. The first kappa shape index (κ1) is 29.4. The van der Waals surface area contributed by atoms with Crippen LogP contribution in [0.25, 0.3) is 108 Å². The van der Waals surface area contributed by atoms with Gasteiger partial charge in [0, 0.05) is 5.39 Å². The molecule has 0 bridgehead atoms. The second-order valence-corrected chi connectivity index (χ2v) is 15.3. The van der Waals surface area contributed by atoms with E-state index in [2.05, 4.69) is 127 Å². The Morgan fingerprint density at radius 2 is 0.981 bits per heavy atom. The fourth-order valence-corrected chi connectivity index (χ4v) is 10.6. The predicted octanol–water partition coefficient (Wildman–Crippen LogP) is 12.1. The maximum atomic E-state index is 6.27. The van der Waals surface area contributed by atoms with Crippen molar-refractivity contribution in [3.05, 3.63) is 164 Å². The molecule has 52 heavy (non-hydrogen) atoms. The van der Waals surface area contributed by atoms with Crippen molar-refractivity contribution in [3.63, 3.8) is 0 Å². The molecule has 3 heterocycles. The van der Waals surface area contributed by atoms with Gasteiger partial charge in [0.2, 0.25) is 0 Å². The van der Waals surface area contributed by atoms with Crippen LogP contribution in [0.5, 0.6) is 0 Å². The van der Waals surface area contributed by atoms with E-state index < -0.39 is 0 Å². The molecule has 0 aliphatic carbocycles. The number of furan rings is 1. The molecule has 0 spiro atoms. The molecule has 0 unspecified atom stereocenters. The minimum absolute atomic E-state index is 0.136. The monoisotopic (exact) mass is 729 g/mol. The summed E-state index contributed by atoms with van der Waals surface area (Å²) in [4.78, 5) is 15.4. The molecule has 11 rings (SSSR count). The molecule has 0 aliphatic heterocycles. The van der Waals surface area contributed by atoms with Gasteiger partial charge < -0.3 is 0 Å². The van der Waals surface area contributed by atoms with Crippen molar-refractivity contribution in [2.45, 2.75) is 0 Å². The number of benzene rings is 8. The summed E-state index contributed by atoms with van der Waals surface area (Å²) in [5.41, 5.74) is 7.08. The number of hydrogen-bond acceptors (Lipinski definition) is 4. The van der Waals surface area contributed by atoms with Crippen molar-refractivity contribution < 1.29 is 4.42 Å². The van der Waals surface area contributed by atoms with Gasteiger partial charge in [-0.25, -0.2) is 0 Å². The van der Waals surface area contributed by atoms with Gasteiger partial charge in [-0.15, -0.1) is 0 Å². The van der Waals surface area contributed by atoms with E-state index in [1.54, 1.807) is 0 Å². The second kappa shape index (κ2) is 11.6. The first-order valence-electron chi connectivity index (χ1n) is 17.4. The number of nitrogens with zero attached hydrogens (tertiary/aromatic N) is 3. The zero-order chi connectivity index (χ0) is 34.2. The van der Waals surface area contributed by atoms with Crippen LogP contribution in [0.15, 0.2) is 168 Å². The van der Waals surface area contributed by atoms with E-state index in [1.807, 2.05) is 36.4 Å². The summed E-state index contributed by atoms with van der Waals surface area (Å²) in [6, 6.07) is 57.7. The van der Waals surface area contributed by atoms with Crippen LogP contribution < -0.4 is 0 Å². The molecule has 0 amide bonds. The van der Waals surface area contributed by atoms with Crippen molar-refractivity contribution in [1.29, 1.82) is 0 Å². The molecule has 0 N–H and O–H groups in total. The van der Waals surface area contributed by atoms with Crippen molar-refractivity contribution in [1.82, 2.24) is 15.0 Å². The van der Waals surface area contributed by atoms with Crippen LogP contribution in [0, 0.1) is 0 Å². The third kappa shape index (κ3) is 4.57. The van der Waals surface area contributed by atoms with E-state index in [1.165, 1.54) is 46.6 Å².